The first-order chi connectivity index (χ1) is 27.8. The van der Waals surface area contributed by atoms with Gasteiger partial charge in [0.25, 0.3) is 38.7 Å². The van der Waals surface area contributed by atoms with E-state index >= 15 is 0 Å². The van der Waals surface area contributed by atoms with Crippen LogP contribution in [0.15, 0.2) is 148 Å². The van der Waals surface area contributed by atoms with Gasteiger partial charge < -0.3 is 4.43 Å². The average Bonchev–Trinajstić information content (AvgIpc) is 3.20. The molecule has 0 N–H and O–H groups in total. The Balaban J connectivity index is 1.48. The molecule has 0 heterocycles. The zero-order valence-corrected chi connectivity index (χ0v) is 37.9. The van der Waals surface area contributed by atoms with Gasteiger partial charge in [0.1, 0.15) is 0 Å². The molecule has 0 aliphatic rings. The highest BCUT2D eigenvalue weighted by Crippen LogP contribution is 2.37. The van der Waals surface area contributed by atoms with E-state index in [1.54, 1.807) is 36.4 Å². The molecule has 59 heavy (non-hydrogen) atoms. The number of aryl methyl sites for hydroxylation is 3. The van der Waals surface area contributed by atoms with Crippen LogP contribution in [0, 0.1) is 26.2 Å². The van der Waals surface area contributed by atoms with E-state index in [-0.39, 0.29) is 26.1 Å². The first-order valence-corrected chi connectivity index (χ1v) is 25.6. The summed E-state index contributed by atoms with van der Waals surface area (Å²) in [5.74, 6) is 0. The van der Waals surface area contributed by atoms with Gasteiger partial charge in [0.05, 0.1) is 34.5 Å². The van der Waals surface area contributed by atoms with Crippen molar-refractivity contribution in [3.63, 3.8) is 0 Å². The number of unbranched alkanes of at least 4 members (excludes halogenated alkanes) is 1. The number of hydrogen-bond acceptors (Lipinski definition) is 10. The third-order valence-electron chi connectivity index (χ3n) is 10.3. The van der Waals surface area contributed by atoms with E-state index in [1.807, 2.05) is 57.2 Å². The lowest BCUT2D eigenvalue weighted by atomic mass is 9.85. The van der Waals surface area contributed by atoms with E-state index in [1.165, 1.54) is 36.4 Å². The molecule has 0 spiro atoms. The van der Waals surface area contributed by atoms with Crippen molar-refractivity contribution in [1.82, 2.24) is 0 Å². The van der Waals surface area contributed by atoms with E-state index in [9.17, 15) is 25.3 Å². The molecular formula is C45H54O10S3Si. The van der Waals surface area contributed by atoms with Crippen molar-refractivity contribution in [2.75, 3.05) is 26.4 Å². The minimum Gasteiger partial charge on any atom is -0.407 e. The second-order valence-electron chi connectivity index (χ2n) is 16.1. The average molecular weight is 879 g/mol. The molecule has 5 aromatic carbocycles. The summed E-state index contributed by atoms with van der Waals surface area (Å²) < 4.78 is 106. The van der Waals surface area contributed by atoms with Gasteiger partial charge in [-0.05, 0) is 85.4 Å². The van der Waals surface area contributed by atoms with E-state index < -0.39 is 63.9 Å². The highest BCUT2D eigenvalue weighted by Gasteiger charge is 2.50. The molecule has 14 heteroatoms. The van der Waals surface area contributed by atoms with Crippen LogP contribution >= 0.6 is 0 Å². The Labute approximate surface area is 352 Å². The molecule has 0 radical (unpaired) electrons. The van der Waals surface area contributed by atoms with Gasteiger partial charge in [-0.25, -0.2) is 0 Å². The van der Waals surface area contributed by atoms with Gasteiger partial charge in [-0.3, -0.25) is 12.5 Å². The smallest absolute Gasteiger partial charge is 0.296 e. The molecule has 0 saturated heterocycles. The first kappa shape index (κ1) is 46.1. The quantitative estimate of drug-likeness (QED) is 0.0432. The Bertz CT molecular complexity index is 2220. The summed E-state index contributed by atoms with van der Waals surface area (Å²) in [4.78, 5) is -0.341. The minimum atomic E-state index is -4.39. The maximum atomic E-state index is 13.6. The fraction of sp³-hybridized carbons (Fsp3) is 0.333. The summed E-state index contributed by atoms with van der Waals surface area (Å²) in [6.07, 6.45) is 0.841. The third kappa shape index (κ3) is 11.6. The molecule has 0 saturated carbocycles. The molecule has 5 aromatic rings. The summed E-state index contributed by atoms with van der Waals surface area (Å²) in [6.45, 7) is 10.3. The van der Waals surface area contributed by atoms with Gasteiger partial charge in [0, 0.05) is 12.0 Å². The SMILES string of the molecule is Cc1ccc(S(=O)(=O)OCC(CCCCO[Si](c2ccccc2)(c2ccccc2)C(C)(C)C)(COS(=O)(=O)c2ccc(C)cc2)COS(=O)(=O)c2ccc(C)cc2)cc1. The van der Waals surface area contributed by atoms with Crippen molar-refractivity contribution < 1.29 is 42.2 Å². The van der Waals surface area contributed by atoms with Crippen molar-refractivity contribution in [2.24, 2.45) is 5.41 Å². The Morgan fingerprint density at radius 1 is 0.458 bits per heavy atom. The molecule has 0 amide bonds. The summed E-state index contributed by atoms with van der Waals surface area (Å²) >= 11 is 0. The molecule has 0 aliphatic carbocycles. The Kier molecular flexibility index (Phi) is 15.0. The van der Waals surface area contributed by atoms with Crippen LogP contribution in [0.4, 0.5) is 0 Å². The summed E-state index contributed by atoms with van der Waals surface area (Å²) in [6, 6.07) is 38.6. The number of hydrogen-bond donors (Lipinski definition) is 0. The highest BCUT2D eigenvalue weighted by atomic mass is 32.2. The van der Waals surface area contributed by atoms with Crippen molar-refractivity contribution in [3.8, 4) is 0 Å². The van der Waals surface area contributed by atoms with Crippen molar-refractivity contribution in [1.29, 1.82) is 0 Å². The van der Waals surface area contributed by atoms with Crippen LogP contribution in [0.3, 0.4) is 0 Å². The van der Waals surface area contributed by atoms with Crippen LogP contribution in [0.1, 0.15) is 56.7 Å². The summed E-state index contributed by atoms with van der Waals surface area (Å²) in [5, 5.41) is 1.92. The van der Waals surface area contributed by atoms with Crippen LogP contribution in [-0.2, 0) is 47.3 Å². The molecule has 0 unspecified atom stereocenters. The van der Waals surface area contributed by atoms with Gasteiger partial charge in [0.2, 0.25) is 0 Å². The number of benzene rings is 5. The van der Waals surface area contributed by atoms with Gasteiger partial charge in [-0.15, -0.1) is 0 Å². The zero-order valence-electron chi connectivity index (χ0n) is 34.5. The van der Waals surface area contributed by atoms with E-state index in [0.717, 1.165) is 27.1 Å². The Morgan fingerprint density at radius 3 is 1.08 bits per heavy atom. The van der Waals surface area contributed by atoms with Crippen LogP contribution in [0.2, 0.25) is 5.04 Å². The summed E-state index contributed by atoms with van der Waals surface area (Å²) in [7, 11) is -16.1. The second-order valence-corrected chi connectivity index (χ2v) is 25.2. The molecule has 0 fully saturated rings. The normalized spacial score (nSPS) is 13.1. The molecular weight excluding hydrogens is 825 g/mol. The topological polar surface area (TPSA) is 139 Å². The third-order valence-corrected chi connectivity index (χ3v) is 19.2. The minimum absolute atomic E-state index is 0.0490. The van der Waals surface area contributed by atoms with Gasteiger partial charge in [-0.1, -0.05) is 141 Å². The lowest BCUT2D eigenvalue weighted by Gasteiger charge is -2.43. The largest absolute Gasteiger partial charge is 0.407 e. The van der Waals surface area contributed by atoms with Crippen LogP contribution < -0.4 is 10.4 Å². The van der Waals surface area contributed by atoms with Crippen LogP contribution in [0.5, 0.6) is 0 Å². The monoisotopic (exact) mass is 878 g/mol. The molecule has 0 bridgehead atoms. The zero-order chi connectivity index (χ0) is 43.0. The predicted molar refractivity (Wildman–Crippen MR) is 233 cm³/mol. The standard InChI is InChI=1S/C45H54O10S3Si/c1-36-19-25-39(26-20-36)56(46,47)52-33-45(34-53-57(48,49)40-27-21-37(2)22-28-40,35-54-58(50,51)41-29-23-38(3)24-30-41)31-13-14-32-55-59(44(4,5)6,42-15-9-7-10-16-42)43-17-11-8-12-18-43/h7-12,15-30H,13-14,31-35H2,1-6H3. The first-order valence-electron chi connectivity index (χ1n) is 19.4. The molecule has 10 nitrogen and oxygen atoms in total. The Morgan fingerprint density at radius 2 is 0.780 bits per heavy atom. The molecule has 0 aromatic heterocycles. The summed E-state index contributed by atoms with van der Waals surface area (Å²) in [5.41, 5.74) is 0.902. The van der Waals surface area contributed by atoms with Crippen molar-refractivity contribution in [2.45, 2.75) is 80.5 Å². The second kappa shape index (κ2) is 19.2. The molecule has 316 valence electrons. The molecule has 0 aliphatic heterocycles. The predicted octanol–water partition coefficient (Wildman–Crippen LogP) is 7.86. The fourth-order valence-electron chi connectivity index (χ4n) is 6.86. The van der Waals surface area contributed by atoms with Crippen molar-refractivity contribution >= 4 is 49.0 Å². The lowest BCUT2D eigenvalue weighted by Crippen LogP contribution is -2.66. The maximum absolute atomic E-state index is 13.6. The van der Waals surface area contributed by atoms with E-state index in [0.29, 0.717) is 19.4 Å². The van der Waals surface area contributed by atoms with Crippen LogP contribution in [-0.4, -0.2) is 60.0 Å². The maximum Gasteiger partial charge on any atom is 0.296 e. The number of rotatable bonds is 20. The lowest BCUT2D eigenvalue weighted by molar-refractivity contribution is 0.0295. The Hall–Kier alpha value is -3.99. The van der Waals surface area contributed by atoms with E-state index in [2.05, 4.69) is 45.0 Å². The molecule has 5 rings (SSSR count). The highest BCUT2D eigenvalue weighted by molar-refractivity contribution is 7.87. The van der Waals surface area contributed by atoms with Crippen molar-refractivity contribution in [3.05, 3.63) is 150 Å². The van der Waals surface area contributed by atoms with Gasteiger partial charge >= 0.3 is 0 Å². The molecule has 0 atom stereocenters. The fourth-order valence-corrected chi connectivity index (χ4v) is 14.5. The van der Waals surface area contributed by atoms with E-state index in [4.69, 9.17) is 17.0 Å². The van der Waals surface area contributed by atoms with Gasteiger partial charge in [-0.2, -0.15) is 25.3 Å². The van der Waals surface area contributed by atoms with Crippen LogP contribution in [0.25, 0.3) is 0 Å². The van der Waals surface area contributed by atoms with Gasteiger partial charge in [0.15, 0.2) is 0 Å².